The van der Waals surface area contributed by atoms with Crippen molar-refractivity contribution in [3.05, 3.63) is 54.1 Å². The zero-order valence-electron chi connectivity index (χ0n) is 16.0. The van der Waals surface area contributed by atoms with Crippen LogP contribution in [0.5, 0.6) is 5.75 Å². The lowest BCUT2D eigenvalue weighted by Crippen LogP contribution is -2.45. The van der Waals surface area contributed by atoms with Crippen LogP contribution in [-0.4, -0.2) is 49.2 Å². The van der Waals surface area contributed by atoms with Crippen molar-refractivity contribution < 1.29 is 28.9 Å². The van der Waals surface area contributed by atoms with Crippen molar-refractivity contribution in [2.24, 2.45) is 0 Å². The van der Waals surface area contributed by atoms with Crippen LogP contribution in [0.1, 0.15) is 12.5 Å². The molecule has 2 aliphatic rings. The number of ether oxygens (including phenoxy) is 3. The van der Waals surface area contributed by atoms with E-state index in [1.807, 2.05) is 37.3 Å². The van der Waals surface area contributed by atoms with E-state index in [-0.39, 0.29) is 25.8 Å². The average molecular weight is 398 g/mol. The zero-order valence-corrected chi connectivity index (χ0v) is 16.0. The van der Waals surface area contributed by atoms with E-state index in [1.54, 1.807) is 23.1 Å². The Labute approximate surface area is 168 Å². The Balaban J connectivity index is 1.53. The number of cyclic esters (lactones) is 1. The minimum Gasteiger partial charge on any atom is -0.489 e. The molecule has 2 aromatic carbocycles. The van der Waals surface area contributed by atoms with Gasteiger partial charge in [0.1, 0.15) is 25.1 Å². The second kappa shape index (κ2) is 8.00. The molecule has 2 heterocycles. The van der Waals surface area contributed by atoms with Gasteiger partial charge in [0.25, 0.3) is 0 Å². The molecule has 0 spiro atoms. The monoisotopic (exact) mass is 398 g/mol. The van der Waals surface area contributed by atoms with Crippen LogP contribution in [0.4, 0.5) is 21.0 Å². The summed E-state index contributed by atoms with van der Waals surface area (Å²) >= 11 is 0. The largest absolute Gasteiger partial charge is 0.489 e. The Kier molecular flexibility index (Phi) is 5.26. The third-order valence-corrected chi connectivity index (χ3v) is 4.91. The van der Waals surface area contributed by atoms with E-state index in [1.165, 1.54) is 4.90 Å². The van der Waals surface area contributed by atoms with Gasteiger partial charge < -0.3 is 19.3 Å². The lowest BCUT2D eigenvalue weighted by molar-refractivity contribution is 0.0963. The van der Waals surface area contributed by atoms with Crippen LogP contribution in [0, 0.1) is 0 Å². The van der Waals surface area contributed by atoms with Crippen LogP contribution in [-0.2, 0) is 16.1 Å². The summed E-state index contributed by atoms with van der Waals surface area (Å²) in [6.07, 6.45) is -1.53. The highest BCUT2D eigenvalue weighted by molar-refractivity contribution is 5.94. The summed E-state index contributed by atoms with van der Waals surface area (Å²) in [4.78, 5) is 27.8. The summed E-state index contributed by atoms with van der Waals surface area (Å²) in [5, 5.41) is 9.21. The highest BCUT2D eigenvalue weighted by Gasteiger charge is 2.35. The Morgan fingerprint density at radius 3 is 2.76 bits per heavy atom. The van der Waals surface area contributed by atoms with Crippen LogP contribution in [0.15, 0.2) is 48.5 Å². The van der Waals surface area contributed by atoms with Crippen LogP contribution in [0.2, 0.25) is 0 Å². The predicted molar refractivity (Wildman–Crippen MR) is 105 cm³/mol. The molecule has 0 aromatic heterocycles. The zero-order chi connectivity index (χ0) is 20.4. The van der Waals surface area contributed by atoms with Gasteiger partial charge in [-0.2, -0.15) is 0 Å². The van der Waals surface area contributed by atoms with Gasteiger partial charge in [-0.15, -0.1) is 0 Å². The molecule has 0 bridgehead atoms. The Morgan fingerprint density at radius 1 is 1.24 bits per heavy atom. The van der Waals surface area contributed by atoms with Crippen LogP contribution < -0.4 is 14.5 Å². The molecule has 2 aromatic rings. The van der Waals surface area contributed by atoms with Gasteiger partial charge in [-0.3, -0.25) is 9.80 Å². The molecule has 0 aliphatic carbocycles. The Bertz CT molecular complexity index is 903. The minimum atomic E-state index is -0.552. The second-order valence-electron chi connectivity index (χ2n) is 7.02. The molecular weight excluding hydrogens is 376 g/mol. The first kappa shape index (κ1) is 19.1. The van der Waals surface area contributed by atoms with Crippen LogP contribution >= 0.6 is 0 Å². The molecule has 1 fully saturated rings. The molecule has 2 amide bonds. The van der Waals surface area contributed by atoms with E-state index in [2.05, 4.69) is 0 Å². The summed E-state index contributed by atoms with van der Waals surface area (Å²) < 4.78 is 16.4. The lowest BCUT2D eigenvalue weighted by Gasteiger charge is -2.34. The number of nitrogens with zero attached hydrogens (tertiary/aromatic N) is 2. The summed E-state index contributed by atoms with van der Waals surface area (Å²) in [6, 6.07) is 14.4. The number of rotatable bonds is 4. The number of anilines is 2. The summed E-state index contributed by atoms with van der Waals surface area (Å²) in [5.41, 5.74) is 2.07. The van der Waals surface area contributed by atoms with E-state index < -0.39 is 18.3 Å². The molecule has 1 N–H and O–H groups in total. The number of fused-ring (bicyclic) bond motifs is 1. The maximum absolute atomic E-state index is 12.8. The molecular formula is C21H22N2O6. The number of aliphatic hydroxyl groups is 1. The number of carbonyl (C=O) groups is 2. The summed E-state index contributed by atoms with van der Waals surface area (Å²) in [6.45, 7) is 2.39. The number of hydrogen-bond acceptors (Lipinski definition) is 6. The van der Waals surface area contributed by atoms with Gasteiger partial charge in [0.05, 0.1) is 30.6 Å². The molecule has 8 heteroatoms. The van der Waals surface area contributed by atoms with Gasteiger partial charge in [0, 0.05) is 6.07 Å². The lowest BCUT2D eigenvalue weighted by atomic mass is 10.1. The van der Waals surface area contributed by atoms with Crippen molar-refractivity contribution >= 4 is 23.6 Å². The van der Waals surface area contributed by atoms with E-state index in [0.717, 1.165) is 5.56 Å². The van der Waals surface area contributed by atoms with Crippen molar-refractivity contribution in [3.63, 3.8) is 0 Å². The van der Waals surface area contributed by atoms with Gasteiger partial charge in [0.2, 0.25) is 0 Å². The van der Waals surface area contributed by atoms with Gasteiger partial charge in [-0.1, -0.05) is 30.3 Å². The quantitative estimate of drug-likeness (QED) is 0.852. The molecule has 4 rings (SSSR count). The van der Waals surface area contributed by atoms with E-state index in [0.29, 0.717) is 23.7 Å². The third-order valence-electron chi connectivity index (χ3n) is 4.91. The minimum absolute atomic E-state index is 0.180. The van der Waals surface area contributed by atoms with Gasteiger partial charge in [-0.05, 0) is 24.6 Å². The second-order valence-corrected chi connectivity index (χ2v) is 7.02. The molecule has 29 heavy (non-hydrogen) atoms. The van der Waals surface area contributed by atoms with Crippen molar-refractivity contribution in [1.82, 2.24) is 0 Å². The first-order valence-electron chi connectivity index (χ1n) is 9.42. The predicted octanol–water partition coefficient (Wildman–Crippen LogP) is 2.93. The van der Waals surface area contributed by atoms with Crippen LogP contribution in [0.25, 0.3) is 0 Å². The number of carbonyl (C=O) groups excluding carboxylic acids is 2. The standard InChI is InChI=1S/C21H22N2O6/c1-14-12-27-19-9-16(22-10-17(11-24)29-20(22)25)7-8-18(19)23(14)21(26)28-13-15-5-3-2-4-6-15/h2-9,14,17,24H,10-13H2,1H3/t14?,17-/m1/s1. The van der Waals surface area contributed by atoms with E-state index >= 15 is 0 Å². The average Bonchev–Trinajstić information content (AvgIpc) is 3.13. The van der Waals surface area contributed by atoms with Crippen molar-refractivity contribution in [2.45, 2.75) is 25.7 Å². The maximum atomic E-state index is 12.8. The topological polar surface area (TPSA) is 88.5 Å². The summed E-state index contributed by atoms with van der Waals surface area (Å²) in [7, 11) is 0. The van der Waals surface area contributed by atoms with E-state index in [4.69, 9.17) is 14.2 Å². The SMILES string of the molecule is CC1COc2cc(N3C[C@H](CO)OC3=O)ccc2N1C(=O)OCc1ccccc1. The third kappa shape index (κ3) is 3.84. The first-order chi connectivity index (χ1) is 14.1. The number of hydrogen-bond donors (Lipinski definition) is 1. The Morgan fingerprint density at radius 2 is 2.03 bits per heavy atom. The van der Waals surface area contributed by atoms with Crippen molar-refractivity contribution in [1.29, 1.82) is 0 Å². The molecule has 0 radical (unpaired) electrons. The fourth-order valence-corrected chi connectivity index (χ4v) is 3.40. The van der Waals surface area contributed by atoms with Gasteiger partial charge in [-0.25, -0.2) is 9.59 Å². The fourth-order valence-electron chi connectivity index (χ4n) is 3.40. The number of benzene rings is 2. The molecule has 2 atom stereocenters. The van der Waals surface area contributed by atoms with Crippen molar-refractivity contribution in [3.8, 4) is 5.75 Å². The van der Waals surface area contributed by atoms with Crippen LogP contribution in [0.3, 0.4) is 0 Å². The highest BCUT2D eigenvalue weighted by atomic mass is 16.6. The first-order valence-corrected chi connectivity index (χ1v) is 9.42. The molecule has 1 unspecified atom stereocenters. The smallest absolute Gasteiger partial charge is 0.415 e. The number of aliphatic hydroxyl groups excluding tert-OH is 1. The molecule has 0 saturated carbocycles. The van der Waals surface area contributed by atoms with E-state index in [9.17, 15) is 14.7 Å². The Hall–Kier alpha value is -3.26. The fraction of sp³-hybridized carbons (Fsp3) is 0.333. The molecule has 2 aliphatic heterocycles. The van der Waals surface area contributed by atoms with Crippen molar-refractivity contribution in [2.75, 3.05) is 29.6 Å². The molecule has 8 nitrogen and oxygen atoms in total. The number of amides is 2. The summed E-state index contributed by atoms with van der Waals surface area (Å²) in [5.74, 6) is 0.484. The molecule has 1 saturated heterocycles. The maximum Gasteiger partial charge on any atom is 0.415 e. The van der Waals surface area contributed by atoms with Gasteiger partial charge >= 0.3 is 12.2 Å². The highest BCUT2D eigenvalue weighted by Crippen LogP contribution is 2.38. The molecule has 152 valence electrons. The normalized spacial score (nSPS) is 20.7. The van der Waals surface area contributed by atoms with Gasteiger partial charge in [0.15, 0.2) is 0 Å².